The van der Waals surface area contributed by atoms with E-state index in [1.54, 1.807) is 14.0 Å². The molecule has 2 atom stereocenters. The smallest absolute Gasteiger partial charge is 0.146 e. The summed E-state index contributed by atoms with van der Waals surface area (Å²) in [4.78, 5) is 13.4. The highest BCUT2D eigenvalue weighted by Crippen LogP contribution is 2.19. The summed E-state index contributed by atoms with van der Waals surface area (Å²) >= 11 is 0. The van der Waals surface area contributed by atoms with Crippen molar-refractivity contribution in [3.05, 3.63) is 0 Å². The Morgan fingerprint density at radius 1 is 1.67 bits per heavy atom. The van der Waals surface area contributed by atoms with Crippen molar-refractivity contribution in [2.24, 2.45) is 0 Å². The van der Waals surface area contributed by atoms with Gasteiger partial charge in [-0.3, -0.25) is 9.69 Å². The normalized spacial score (nSPS) is 30.9. The molecule has 12 heavy (non-hydrogen) atoms. The average Bonchev–Trinajstić information content (AvgIpc) is 2.47. The van der Waals surface area contributed by atoms with E-state index >= 15 is 0 Å². The first-order valence-corrected chi connectivity index (χ1v) is 4.46. The van der Waals surface area contributed by atoms with Gasteiger partial charge < -0.3 is 4.74 Å². The first-order valence-electron chi connectivity index (χ1n) is 4.46. The molecule has 1 unspecified atom stereocenters. The molecule has 0 aromatic rings. The number of carbonyl (C=O) groups excluding carboxylic acids is 1. The topological polar surface area (TPSA) is 29.5 Å². The van der Waals surface area contributed by atoms with Gasteiger partial charge in [-0.25, -0.2) is 0 Å². The number of ketones is 1. The minimum Gasteiger partial charge on any atom is -0.380 e. The Morgan fingerprint density at radius 3 is 2.67 bits per heavy atom. The van der Waals surface area contributed by atoms with Crippen molar-refractivity contribution in [3.63, 3.8) is 0 Å². The fourth-order valence-corrected chi connectivity index (χ4v) is 1.80. The molecule has 0 aromatic heterocycles. The molecule has 1 fully saturated rings. The first-order chi connectivity index (χ1) is 5.69. The molecule has 1 saturated heterocycles. The number of carbonyl (C=O) groups is 1. The van der Waals surface area contributed by atoms with Gasteiger partial charge in [-0.05, 0) is 19.9 Å². The molecule has 0 saturated carbocycles. The second-order valence-corrected chi connectivity index (χ2v) is 3.31. The summed E-state index contributed by atoms with van der Waals surface area (Å²) in [6.45, 7) is 5.57. The van der Waals surface area contributed by atoms with E-state index in [1.165, 1.54) is 0 Å². The monoisotopic (exact) mass is 171 g/mol. The van der Waals surface area contributed by atoms with Crippen LogP contribution in [0.5, 0.6) is 0 Å². The van der Waals surface area contributed by atoms with Gasteiger partial charge in [0, 0.05) is 13.7 Å². The number of likely N-dealkylation sites (N-methyl/N-ethyl adjacent to an activating group) is 1. The SMILES string of the molecule is CCN1CC(OC)C[C@@H]1C(C)=O. The molecule has 0 N–H and O–H groups in total. The second kappa shape index (κ2) is 4.01. The van der Waals surface area contributed by atoms with Crippen molar-refractivity contribution >= 4 is 5.78 Å². The molecule has 0 amide bonds. The summed E-state index contributed by atoms with van der Waals surface area (Å²) in [6, 6.07) is 0.0972. The highest BCUT2D eigenvalue weighted by atomic mass is 16.5. The van der Waals surface area contributed by atoms with Crippen LogP contribution in [-0.2, 0) is 9.53 Å². The van der Waals surface area contributed by atoms with Crippen LogP contribution in [-0.4, -0.2) is 43.0 Å². The lowest BCUT2D eigenvalue weighted by molar-refractivity contribution is -0.121. The van der Waals surface area contributed by atoms with Crippen molar-refractivity contribution < 1.29 is 9.53 Å². The predicted octanol–water partition coefficient (Wildman–Crippen LogP) is 0.685. The zero-order chi connectivity index (χ0) is 9.14. The standard InChI is InChI=1S/C9H17NO2/c1-4-10-6-8(12-3)5-9(10)7(2)11/h8-9H,4-6H2,1-3H3/t8?,9-/m1/s1. The van der Waals surface area contributed by atoms with E-state index in [-0.39, 0.29) is 17.9 Å². The quantitative estimate of drug-likeness (QED) is 0.625. The molecular formula is C9H17NO2. The lowest BCUT2D eigenvalue weighted by Gasteiger charge is -2.18. The number of hydrogen-bond acceptors (Lipinski definition) is 3. The van der Waals surface area contributed by atoms with Gasteiger partial charge in [0.15, 0.2) is 0 Å². The maximum atomic E-state index is 11.2. The lowest BCUT2D eigenvalue weighted by atomic mass is 10.1. The highest BCUT2D eigenvalue weighted by molar-refractivity contribution is 5.81. The van der Waals surface area contributed by atoms with E-state index in [2.05, 4.69) is 11.8 Å². The average molecular weight is 171 g/mol. The summed E-state index contributed by atoms with van der Waals surface area (Å²) in [5.74, 6) is 0.261. The van der Waals surface area contributed by atoms with Gasteiger partial charge in [-0.15, -0.1) is 0 Å². The fraction of sp³-hybridized carbons (Fsp3) is 0.889. The predicted molar refractivity (Wildman–Crippen MR) is 47.1 cm³/mol. The van der Waals surface area contributed by atoms with Gasteiger partial charge in [0.2, 0.25) is 0 Å². The molecule has 0 spiro atoms. The first kappa shape index (κ1) is 9.68. The van der Waals surface area contributed by atoms with Gasteiger partial charge in [-0.2, -0.15) is 0 Å². The van der Waals surface area contributed by atoms with Crippen molar-refractivity contribution in [3.8, 4) is 0 Å². The van der Waals surface area contributed by atoms with Crippen LogP contribution in [0.4, 0.5) is 0 Å². The largest absolute Gasteiger partial charge is 0.380 e. The van der Waals surface area contributed by atoms with Crippen LogP contribution in [0.1, 0.15) is 20.3 Å². The van der Waals surface area contributed by atoms with Gasteiger partial charge in [0.1, 0.15) is 5.78 Å². The van der Waals surface area contributed by atoms with Gasteiger partial charge in [-0.1, -0.05) is 6.92 Å². The van der Waals surface area contributed by atoms with Crippen LogP contribution in [0.2, 0.25) is 0 Å². The Balaban J connectivity index is 2.56. The minimum atomic E-state index is 0.0972. The molecule has 1 heterocycles. The molecule has 1 rings (SSSR count). The van der Waals surface area contributed by atoms with Crippen molar-refractivity contribution in [2.45, 2.75) is 32.4 Å². The molecule has 1 aliphatic rings. The van der Waals surface area contributed by atoms with Crippen LogP contribution in [0.25, 0.3) is 0 Å². The molecular weight excluding hydrogens is 154 g/mol. The number of likely N-dealkylation sites (tertiary alicyclic amines) is 1. The Morgan fingerprint density at radius 2 is 2.33 bits per heavy atom. The number of Topliss-reactive ketones (excluding diaryl/α,β-unsaturated/α-hetero) is 1. The van der Waals surface area contributed by atoms with E-state index in [9.17, 15) is 4.79 Å². The van der Waals surface area contributed by atoms with Crippen molar-refractivity contribution in [1.82, 2.24) is 4.90 Å². The van der Waals surface area contributed by atoms with E-state index in [1.807, 2.05) is 0 Å². The van der Waals surface area contributed by atoms with Crippen LogP contribution >= 0.6 is 0 Å². The minimum absolute atomic E-state index is 0.0972. The molecule has 0 bridgehead atoms. The molecule has 1 aliphatic heterocycles. The molecule has 70 valence electrons. The number of methoxy groups -OCH3 is 1. The third-order valence-electron chi connectivity index (χ3n) is 2.57. The molecule has 0 radical (unpaired) electrons. The van der Waals surface area contributed by atoms with Crippen molar-refractivity contribution in [1.29, 1.82) is 0 Å². The molecule has 3 nitrogen and oxygen atoms in total. The third-order valence-corrected chi connectivity index (χ3v) is 2.57. The number of nitrogens with zero attached hydrogens (tertiary/aromatic N) is 1. The highest BCUT2D eigenvalue weighted by Gasteiger charge is 2.33. The Labute approximate surface area is 73.7 Å². The van der Waals surface area contributed by atoms with Gasteiger partial charge in [0.25, 0.3) is 0 Å². The molecule has 3 heteroatoms. The number of ether oxygens (including phenoxy) is 1. The maximum Gasteiger partial charge on any atom is 0.146 e. The summed E-state index contributed by atoms with van der Waals surface area (Å²) in [6.07, 6.45) is 1.11. The summed E-state index contributed by atoms with van der Waals surface area (Å²) in [5.41, 5.74) is 0. The molecule has 0 aliphatic carbocycles. The van der Waals surface area contributed by atoms with Crippen LogP contribution in [0.15, 0.2) is 0 Å². The Hall–Kier alpha value is -0.410. The summed E-state index contributed by atoms with van der Waals surface area (Å²) in [7, 11) is 1.71. The summed E-state index contributed by atoms with van der Waals surface area (Å²) < 4.78 is 5.23. The zero-order valence-electron chi connectivity index (χ0n) is 8.04. The van der Waals surface area contributed by atoms with E-state index in [4.69, 9.17) is 4.74 Å². The summed E-state index contributed by atoms with van der Waals surface area (Å²) in [5, 5.41) is 0. The zero-order valence-corrected chi connectivity index (χ0v) is 8.04. The van der Waals surface area contributed by atoms with E-state index in [0.29, 0.717) is 0 Å². The third kappa shape index (κ3) is 1.84. The van der Waals surface area contributed by atoms with Crippen LogP contribution in [0.3, 0.4) is 0 Å². The Bertz CT molecular complexity index is 170. The number of hydrogen-bond donors (Lipinski definition) is 0. The van der Waals surface area contributed by atoms with E-state index in [0.717, 1.165) is 19.5 Å². The van der Waals surface area contributed by atoms with E-state index < -0.39 is 0 Å². The lowest BCUT2D eigenvalue weighted by Crippen LogP contribution is -2.34. The molecule has 0 aromatic carbocycles. The maximum absolute atomic E-state index is 11.2. The Kier molecular flexibility index (Phi) is 3.23. The van der Waals surface area contributed by atoms with Crippen LogP contribution in [0, 0.1) is 0 Å². The number of rotatable bonds is 3. The van der Waals surface area contributed by atoms with Gasteiger partial charge >= 0.3 is 0 Å². The van der Waals surface area contributed by atoms with Crippen molar-refractivity contribution in [2.75, 3.05) is 20.2 Å². The fourth-order valence-electron chi connectivity index (χ4n) is 1.80. The second-order valence-electron chi connectivity index (χ2n) is 3.31. The van der Waals surface area contributed by atoms with Crippen LogP contribution < -0.4 is 0 Å². The van der Waals surface area contributed by atoms with Gasteiger partial charge in [0.05, 0.1) is 12.1 Å².